The predicted octanol–water partition coefficient (Wildman–Crippen LogP) is 3.77. The summed E-state index contributed by atoms with van der Waals surface area (Å²) in [5.41, 5.74) is 1.17. The number of nitrogens with one attached hydrogen (secondary N) is 1. The van der Waals surface area contributed by atoms with Crippen LogP contribution in [0.2, 0.25) is 5.02 Å². The molecule has 0 saturated carbocycles. The molecule has 1 aromatic carbocycles. The van der Waals surface area contributed by atoms with Crippen molar-refractivity contribution < 1.29 is 4.79 Å². The van der Waals surface area contributed by atoms with Gasteiger partial charge in [0, 0.05) is 41.5 Å². The van der Waals surface area contributed by atoms with E-state index in [1.807, 2.05) is 34.9 Å². The summed E-state index contributed by atoms with van der Waals surface area (Å²) in [5.74, 6) is 1.36. The van der Waals surface area contributed by atoms with Crippen molar-refractivity contribution in [1.82, 2.24) is 10.2 Å². The smallest absolute Gasteiger partial charge is 0.317 e. The van der Waals surface area contributed by atoms with Crippen molar-refractivity contribution in [2.45, 2.75) is 11.7 Å². The molecule has 0 radical (unpaired) electrons. The van der Waals surface area contributed by atoms with E-state index in [4.69, 9.17) is 23.2 Å². The molecule has 2 amide bonds. The van der Waals surface area contributed by atoms with Gasteiger partial charge in [0.1, 0.15) is 0 Å². The minimum absolute atomic E-state index is 0.0222. The number of rotatable bonds is 3. The number of urea groups is 1. The van der Waals surface area contributed by atoms with E-state index in [9.17, 15) is 4.79 Å². The highest BCUT2D eigenvalue weighted by Gasteiger charge is 2.22. The molecule has 1 unspecified atom stereocenters. The second-order valence-electron chi connectivity index (χ2n) is 4.58. The molecular weight excluding hydrogens is 315 g/mol. The molecule has 1 aliphatic heterocycles. The molecule has 6 heteroatoms. The molecule has 1 saturated heterocycles. The van der Waals surface area contributed by atoms with Crippen LogP contribution in [-0.2, 0) is 0 Å². The fourth-order valence-electron chi connectivity index (χ4n) is 2.22. The summed E-state index contributed by atoms with van der Waals surface area (Å²) in [7, 11) is 0. The van der Waals surface area contributed by atoms with Gasteiger partial charge in [0.2, 0.25) is 0 Å². The van der Waals surface area contributed by atoms with E-state index in [2.05, 4.69) is 11.4 Å². The van der Waals surface area contributed by atoms with Crippen LogP contribution < -0.4 is 5.32 Å². The van der Waals surface area contributed by atoms with E-state index in [1.54, 1.807) is 0 Å². The Morgan fingerprint density at radius 1 is 1.40 bits per heavy atom. The van der Waals surface area contributed by atoms with Crippen LogP contribution in [0.25, 0.3) is 0 Å². The SMILES string of the molecule is O=C(NCCCl)N1CCSC(c2ccccc2Cl)CC1. The third-order valence-corrected chi connectivity index (χ3v) is 5.09. The van der Waals surface area contributed by atoms with Crippen LogP contribution in [0.4, 0.5) is 4.79 Å². The van der Waals surface area contributed by atoms with E-state index < -0.39 is 0 Å². The molecule has 1 N–H and O–H groups in total. The lowest BCUT2D eigenvalue weighted by Gasteiger charge is -2.20. The Balaban J connectivity index is 1.95. The van der Waals surface area contributed by atoms with Crippen LogP contribution in [-0.4, -0.2) is 42.2 Å². The van der Waals surface area contributed by atoms with Gasteiger partial charge in [0.25, 0.3) is 0 Å². The number of carbonyl (C=O) groups is 1. The van der Waals surface area contributed by atoms with Gasteiger partial charge in [0.05, 0.1) is 0 Å². The lowest BCUT2D eigenvalue weighted by Crippen LogP contribution is -2.41. The first-order valence-corrected chi connectivity index (χ1v) is 8.63. The number of thioether (sulfide) groups is 1. The lowest BCUT2D eigenvalue weighted by atomic mass is 10.1. The Morgan fingerprint density at radius 3 is 2.95 bits per heavy atom. The number of amides is 2. The van der Waals surface area contributed by atoms with Crippen molar-refractivity contribution in [2.24, 2.45) is 0 Å². The zero-order valence-corrected chi connectivity index (χ0v) is 13.5. The van der Waals surface area contributed by atoms with E-state index in [-0.39, 0.29) is 6.03 Å². The number of benzene rings is 1. The van der Waals surface area contributed by atoms with Crippen LogP contribution in [0.5, 0.6) is 0 Å². The van der Waals surface area contributed by atoms with E-state index >= 15 is 0 Å². The summed E-state index contributed by atoms with van der Waals surface area (Å²) in [6.45, 7) is 2.02. The zero-order valence-electron chi connectivity index (χ0n) is 11.1. The summed E-state index contributed by atoms with van der Waals surface area (Å²) >= 11 is 13.7. The first kappa shape index (κ1) is 15.8. The van der Waals surface area contributed by atoms with Crippen molar-refractivity contribution in [3.63, 3.8) is 0 Å². The maximum absolute atomic E-state index is 11.9. The third kappa shape index (κ3) is 4.21. The Morgan fingerprint density at radius 2 is 2.20 bits per heavy atom. The highest BCUT2D eigenvalue weighted by molar-refractivity contribution is 7.99. The average Bonchev–Trinajstić information content (AvgIpc) is 2.71. The number of halogens is 2. The monoisotopic (exact) mass is 332 g/mol. The normalized spacial score (nSPS) is 19.5. The maximum Gasteiger partial charge on any atom is 0.317 e. The highest BCUT2D eigenvalue weighted by Crippen LogP contribution is 2.37. The van der Waals surface area contributed by atoms with Crippen LogP contribution >= 0.6 is 35.0 Å². The van der Waals surface area contributed by atoms with Gasteiger partial charge in [0.15, 0.2) is 0 Å². The van der Waals surface area contributed by atoms with Crippen molar-refractivity contribution in [3.05, 3.63) is 34.9 Å². The molecule has 1 fully saturated rings. The fourth-order valence-corrected chi connectivity index (χ4v) is 3.92. The number of carbonyl (C=O) groups excluding carboxylic acids is 1. The Hall–Kier alpha value is -0.580. The Kier molecular flexibility index (Phi) is 6.33. The minimum atomic E-state index is -0.0222. The highest BCUT2D eigenvalue weighted by atomic mass is 35.5. The van der Waals surface area contributed by atoms with Gasteiger partial charge >= 0.3 is 6.03 Å². The number of alkyl halides is 1. The second-order valence-corrected chi connectivity index (χ2v) is 6.67. The second kappa shape index (κ2) is 8.01. The number of hydrogen-bond donors (Lipinski definition) is 1. The summed E-state index contributed by atoms with van der Waals surface area (Å²) in [4.78, 5) is 13.8. The predicted molar refractivity (Wildman–Crippen MR) is 87.0 cm³/mol. The van der Waals surface area contributed by atoms with Gasteiger partial charge in [-0.25, -0.2) is 4.79 Å². The van der Waals surface area contributed by atoms with Crippen molar-refractivity contribution in [3.8, 4) is 0 Å². The lowest BCUT2D eigenvalue weighted by molar-refractivity contribution is 0.202. The average molecular weight is 333 g/mol. The summed E-state index contributed by atoms with van der Waals surface area (Å²) < 4.78 is 0. The Bertz CT molecular complexity index is 459. The molecule has 2 rings (SSSR count). The minimum Gasteiger partial charge on any atom is -0.337 e. The van der Waals surface area contributed by atoms with E-state index in [1.165, 1.54) is 5.56 Å². The molecule has 1 heterocycles. The molecule has 1 atom stereocenters. The maximum atomic E-state index is 11.9. The van der Waals surface area contributed by atoms with Gasteiger partial charge < -0.3 is 10.2 Å². The van der Waals surface area contributed by atoms with Crippen molar-refractivity contribution in [1.29, 1.82) is 0 Å². The zero-order chi connectivity index (χ0) is 14.4. The van der Waals surface area contributed by atoms with Gasteiger partial charge in [-0.1, -0.05) is 29.8 Å². The van der Waals surface area contributed by atoms with Crippen LogP contribution in [0, 0.1) is 0 Å². The van der Waals surface area contributed by atoms with Crippen LogP contribution in [0.15, 0.2) is 24.3 Å². The quantitative estimate of drug-likeness (QED) is 0.854. The molecule has 0 aromatic heterocycles. The Labute approximate surface area is 134 Å². The standard InChI is InChI=1S/C14H18Cl2N2OS/c15-6-7-17-14(19)18-8-5-13(20-10-9-18)11-3-1-2-4-12(11)16/h1-4,13H,5-10H2,(H,17,19). The van der Waals surface area contributed by atoms with Gasteiger partial charge in [-0.3, -0.25) is 0 Å². The molecule has 1 aliphatic rings. The molecule has 3 nitrogen and oxygen atoms in total. The molecule has 110 valence electrons. The van der Waals surface area contributed by atoms with E-state index in [0.29, 0.717) is 17.7 Å². The topological polar surface area (TPSA) is 32.3 Å². The summed E-state index contributed by atoms with van der Waals surface area (Å²) in [6.07, 6.45) is 0.919. The van der Waals surface area contributed by atoms with Gasteiger partial charge in [-0.15, -0.1) is 11.6 Å². The third-order valence-electron chi connectivity index (χ3n) is 3.25. The summed E-state index contributed by atoms with van der Waals surface area (Å²) in [5, 5.41) is 3.98. The van der Waals surface area contributed by atoms with E-state index in [0.717, 1.165) is 30.3 Å². The van der Waals surface area contributed by atoms with Crippen LogP contribution in [0.3, 0.4) is 0 Å². The summed E-state index contributed by atoms with van der Waals surface area (Å²) in [6, 6.07) is 7.93. The molecule has 20 heavy (non-hydrogen) atoms. The molecule has 1 aromatic rings. The molecule has 0 aliphatic carbocycles. The molecule has 0 spiro atoms. The first-order valence-electron chi connectivity index (χ1n) is 6.67. The number of nitrogens with zero attached hydrogens (tertiary/aromatic N) is 1. The van der Waals surface area contributed by atoms with Gasteiger partial charge in [-0.2, -0.15) is 11.8 Å². The van der Waals surface area contributed by atoms with Crippen LogP contribution in [0.1, 0.15) is 17.2 Å². The van der Waals surface area contributed by atoms with Gasteiger partial charge in [-0.05, 0) is 18.1 Å². The number of hydrogen-bond acceptors (Lipinski definition) is 2. The largest absolute Gasteiger partial charge is 0.337 e. The fraction of sp³-hybridized carbons (Fsp3) is 0.500. The molecular formula is C14H18Cl2N2OS. The molecule has 0 bridgehead atoms. The van der Waals surface area contributed by atoms with Crippen molar-refractivity contribution >= 4 is 41.0 Å². The first-order chi connectivity index (χ1) is 9.72. The van der Waals surface area contributed by atoms with Crippen molar-refractivity contribution in [2.75, 3.05) is 31.3 Å².